The van der Waals surface area contributed by atoms with Gasteiger partial charge in [0.25, 0.3) is 0 Å². The van der Waals surface area contributed by atoms with E-state index in [1.54, 1.807) is 13.0 Å². The van der Waals surface area contributed by atoms with Gasteiger partial charge in [-0.25, -0.2) is 14.0 Å². The molecule has 0 saturated heterocycles. The van der Waals surface area contributed by atoms with Crippen LogP contribution in [0.5, 0.6) is 0 Å². The molecule has 1 aromatic rings. The van der Waals surface area contributed by atoms with Gasteiger partial charge in [-0.3, -0.25) is 0 Å². The van der Waals surface area contributed by atoms with Gasteiger partial charge in [0.2, 0.25) is 6.10 Å². The van der Waals surface area contributed by atoms with Crippen LogP contribution in [0.25, 0.3) is 0 Å². The van der Waals surface area contributed by atoms with Crippen LogP contribution in [0.3, 0.4) is 0 Å². The lowest BCUT2D eigenvalue weighted by Gasteiger charge is -2.23. The number of benzene rings is 1. The number of fused-ring (bicyclic) bond motifs is 1. The second kappa shape index (κ2) is 4.16. The molecule has 0 saturated carbocycles. The first-order valence-electron chi connectivity index (χ1n) is 5.10. The van der Waals surface area contributed by atoms with Gasteiger partial charge in [0.15, 0.2) is 0 Å². The molecule has 0 bridgehead atoms. The van der Waals surface area contributed by atoms with Crippen molar-refractivity contribution in [2.75, 3.05) is 7.11 Å². The topological polar surface area (TPSA) is 52.6 Å². The summed E-state index contributed by atoms with van der Waals surface area (Å²) in [6.45, 7) is 1.68. The highest BCUT2D eigenvalue weighted by Gasteiger charge is 2.33. The van der Waals surface area contributed by atoms with E-state index in [1.165, 1.54) is 13.2 Å². The van der Waals surface area contributed by atoms with E-state index < -0.39 is 23.9 Å². The van der Waals surface area contributed by atoms with Crippen LogP contribution < -0.4 is 0 Å². The smallest absolute Gasteiger partial charge is 0.347 e. The van der Waals surface area contributed by atoms with Crippen molar-refractivity contribution in [3.63, 3.8) is 0 Å². The molecule has 1 unspecified atom stereocenters. The van der Waals surface area contributed by atoms with Crippen LogP contribution in [-0.2, 0) is 20.7 Å². The van der Waals surface area contributed by atoms with Crippen molar-refractivity contribution in [1.82, 2.24) is 0 Å². The zero-order valence-electron chi connectivity index (χ0n) is 9.45. The Bertz CT molecular complexity index is 496. The second-order valence-corrected chi connectivity index (χ2v) is 3.89. The van der Waals surface area contributed by atoms with Crippen molar-refractivity contribution in [1.29, 1.82) is 0 Å². The minimum atomic E-state index is -1.06. The Balaban J connectivity index is 2.43. The van der Waals surface area contributed by atoms with Crippen molar-refractivity contribution in [2.24, 2.45) is 0 Å². The minimum absolute atomic E-state index is 0.0137. The third-order valence-corrected chi connectivity index (χ3v) is 2.66. The number of halogens is 1. The number of ether oxygens (including phenoxy) is 2. The average Bonchev–Trinajstić information content (AvgIpc) is 2.29. The molecular weight excluding hydrogens is 227 g/mol. The Morgan fingerprint density at radius 2 is 2.24 bits per heavy atom. The molecule has 0 N–H and O–H groups in total. The molecule has 90 valence electrons. The van der Waals surface area contributed by atoms with Crippen LogP contribution in [0, 0.1) is 12.7 Å². The molecule has 1 aliphatic rings. The predicted molar refractivity (Wildman–Crippen MR) is 56.1 cm³/mol. The number of methoxy groups -OCH3 is 1. The van der Waals surface area contributed by atoms with E-state index in [0.29, 0.717) is 5.56 Å². The standard InChI is InChI=1S/C12H11FO4/c1-6-3-8-7(9(13)4-6)5-10(12(15)16-2)17-11(8)14/h3-4,10H,5H2,1-2H3. The molecule has 1 atom stereocenters. The van der Waals surface area contributed by atoms with Crippen molar-refractivity contribution in [3.8, 4) is 0 Å². The minimum Gasteiger partial charge on any atom is -0.466 e. The normalized spacial score (nSPS) is 18.3. The first kappa shape index (κ1) is 11.6. The summed E-state index contributed by atoms with van der Waals surface area (Å²) in [5.41, 5.74) is 1.03. The molecule has 0 radical (unpaired) electrons. The van der Waals surface area contributed by atoms with E-state index in [2.05, 4.69) is 4.74 Å². The Morgan fingerprint density at radius 3 is 2.88 bits per heavy atom. The van der Waals surface area contributed by atoms with Gasteiger partial charge in [0.05, 0.1) is 12.7 Å². The summed E-state index contributed by atoms with van der Waals surface area (Å²) in [6.07, 6.45) is -1.04. The molecule has 0 amide bonds. The summed E-state index contributed by atoms with van der Waals surface area (Å²) in [6, 6.07) is 2.88. The highest BCUT2D eigenvalue weighted by molar-refractivity contribution is 5.95. The van der Waals surface area contributed by atoms with E-state index in [-0.39, 0.29) is 17.5 Å². The number of rotatable bonds is 1. The molecular formula is C12H11FO4. The fourth-order valence-electron chi connectivity index (χ4n) is 1.84. The zero-order chi connectivity index (χ0) is 12.6. The van der Waals surface area contributed by atoms with E-state index in [1.807, 2.05) is 0 Å². The zero-order valence-corrected chi connectivity index (χ0v) is 9.45. The molecule has 1 aromatic carbocycles. The molecule has 17 heavy (non-hydrogen) atoms. The first-order chi connectivity index (χ1) is 8.02. The predicted octanol–water partition coefficient (Wildman–Crippen LogP) is 1.39. The lowest BCUT2D eigenvalue weighted by molar-refractivity contribution is -0.151. The fourth-order valence-corrected chi connectivity index (χ4v) is 1.84. The van der Waals surface area contributed by atoms with E-state index in [0.717, 1.165) is 0 Å². The van der Waals surface area contributed by atoms with E-state index in [9.17, 15) is 14.0 Å². The largest absolute Gasteiger partial charge is 0.466 e. The summed E-state index contributed by atoms with van der Waals surface area (Å²) in [5, 5.41) is 0. The van der Waals surface area contributed by atoms with Crippen LogP contribution >= 0.6 is 0 Å². The van der Waals surface area contributed by atoms with Gasteiger partial charge in [-0.2, -0.15) is 0 Å². The lowest BCUT2D eigenvalue weighted by atomic mass is 9.96. The third kappa shape index (κ3) is 2.00. The Labute approximate surface area is 97.3 Å². The van der Waals surface area contributed by atoms with Crippen LogP contribution in [-0.4, -0.2) is 25.2 Å². The molecule has 0 spiro atoms. The molecule has 0 aliphatic carbocycles. The SMILES string of the molecule is COC(=O)C1Cc2c(F)cc(C)cc2C(=O)O1. The Kier molecular flexibility index (Phi) is 2.83. The maximum Gasteiger partial charge on any atom is 0.347 e. The Hall–Kier alpha value is -1.91. The monoisotopic (exact) mass is 238 g/mol. The molecule has 0 aromatic heterocycles. The van der Waals surface area contributed by atoms with Crippen molar-refractivity contribution >= 4 is 11.9 Å². The Morgan fingerprint density at radius 1 is 1.53 bits per heavy atom. The maximum absolute atomic E-state index is 13.7. The van der Waals surface area contributed by atoms with Gasteiger partial charge < -0.3 is 9.47 Å². The van der Waals surface area contributed by atoms with Crippen LogP contribution in [0.2, 0.25) is 0 Å². The van der Waals surface area contributed by atoms with Crippen LogP contribution in [0.4, 0.5) is 4.39 Å². The van der Waals surface area contributed by atoms with Gasteiger partial charge in [-0.05, 0) is 24.6 Å². The highest BCUT2D eigenvalue weighted by atomic mass is 19.1. The van der Waals surface area contributed by atoms with Gasteiger partial charge in [0.1, 0.15) is 5.82 Å². The number of carbonyl (C=O) groups is 2. The summed E-state index contributed by atoms with van der Waals surface area (Å²) < 4.78 is 23.1. The number of cyclic esters (lactones) is 1. The number of esters is 2. The van der Waals surface area contributed by atoms with Gasteiger partial charge >= 0.3 is 11.9 Å². The van der Waals surface area contributed by atoms with Gasteiger partial charge in [0, 0.05) is 12.0 Å². The fraction of sp³-hybridized carbons (Fsp3) is 0.333. The van der Waals surface area contributed by atoms with Gasteiger partial charge in [-0.15, -0.1) is 0 Å². The molecule has 1 aliphatic heterocycles. The molecule has 2 rings (SSSR count). The van der Waals surface area contributed by atoms with E-state index >= 15 is 0 Å². The molecule has 0 fully saturated rings. The maximum atomic E-state index is 13.7. The number of carbonyl (C=O) groups excluding carboxylic acids is 2. The van der Waals surface area contributed by atoms with Crippen LogP contribution in [0.15, 0.2) is 12.1 Å². The average molecular weight is 238 g/mol. The second-order valence-electron chi connectivity index (χ2n) is 3.89. The van der Waals surface area contributed by atoms with Crippen molar-refractivity contribution in [2.45, 2.75) is 19.4 Å². The van der Waals surface area contributed by atoms with E-state index in [4.69, 9.17) is 4.74 Å². The summed E-state index contributed by atoms with van der Waals surface area (Å²) in [7, 11) is 1.19. The molecule has 5 heteroatoms. The third-order valence-electron chi connectivity index (χ3n) is 2.66. The first-order valence-corrected chi connectivity index (χ1v) is 5.10. The number of hydrogen-bond acceptors (Lipinski definition) is 4. The molecule has 1 heterocycles. The summed E-state index contributed by atoms with van der Waals surface area (Å²) >= 11 is 0. The van der Waals surface area contributed by atoms with Crippen molar-refractivity contribution < 1.29 is 23.5 Å². The number of aryl methyl sites for hydroxylation is 1. The highest BCUT2D eigenvalue weighted by Crippen LogP contribution is 2.25. The van der Waals surface area contributed by atoms with Crippen molar-refractivity contribution in [3.05, 3.63) is 34.6 Å². The molecule has 4 nitrogen and oxygen atoms in total. The summed E-state index contributed by atoms with van der Waals surface area (Å²) in [4.78, 5) is 22.9. The lowest BCUT2D eigenvalue weighted by Crippen LogP contribution is -2.35. The van der Waals surface area contributed by atoms with Crippen LogP contribution in [0.1, 0.15) is 21.5 Å². The quantitative estimate of drug-likeness (QED) is 0.694. The summed E-state index contributed by atoms with van der Waals surface area (Å²) in [5.74, 6) is -1.86. The van der Waals surface area contributed by atoms with Gasteiger partial charge in [-0.1, -0.05) is 0 Å². The number of hydrogen-bond donors (Lipinski definition) is 0.